The molecule has 20 heavy (non-hydrogen) atoms. The van der Waals surface area contributed by atoms with Gasteiger partial charge in [-0.2, -0.15) is 0 Å². The van der Waals surface area contributed by atoms with Gasteiger partial charge in [-0.05, 0) is 50.3 Å². The quantitative estimate of drug-likeness (QED) is 0.915. The first kappa shape index (κ1) is 13.8. The third-order valence-electron chi connectivity index (χ3n) is 4.23. The van der Waals surface area contributed by atoms with Crippen LogP contribution in [0.15, 0.2) is 33.3 Å². The molecular formula is C16H19BrN2O. The van der Waals surface area contributed by atoms with Crippen LogP contribution in [0.5, 0.6) is 0 Å². The van der Waals surface area contributed by atoms with Crippen molar-refractivity contribution in [2.75, 3.05) is 0 Å². The second kappa shape index (κ2) is 5.70. The Balaban J connectivity index is 1.50. The highest BCUT2D eigenvalue weighted by Crippen LogP contribution is 2.37. The third-order valence-corrected chi connectivity index (χ3v) is 4.76. The van der Waals surface area contributed by atoms with Crippen LogP contribution in [0.3, 0.4) is 0 Å². The molecule has 4 heteroatoms. The maximum atomic E-state index is 5.19. The molecule has 0 spiro atoms. The maximum absolute atomic E-state index is 5.19. The summed E-state index contributed by atoms with van der Waals surface area (Å²) in [6, 6.07) is 9.30. The lowest BCUT2D eigenvalue weighted by Crippen LogP contribution is -2.39. The van der Waals surface area contributed by atoms with E-state index >= 15 is 0 Å². The Labute approximate surface area is 127 Å². The fourth-order valence-corrected chi connectivity index (χ4v) is 3.06. The molecule has 1 aromatic carbocycles. The SMILES string of the molecule is Cc1noc(C)c1CNC1CC(c2ccc(Br)cc2)C1. The molecule has 0 atom stereocenters. The first-order valence-electron chi connectivity index (χ1n) is 7.04. The Hall–Kier alpha value is -1.13. The van der Waals surface area contributed by atoms with Crippen LogP contribution in [0.4, 0.5) is 0 Å². The molecule has 1 N–H and O–H groups in total. The average molecular weight is 335 g/mol. The second-order valence-corrected chi connectivity index (χ2v) is 6.52. The first-order valence-corrected chi connectivity index (χ1v) is 7.83. The van der Waals surface area contributed by atoms with E-state index in [0.717, 1.165) is 22.5 Å². The van der Waals surface area contributed by atoms with E-state index in [-0.39, 0.29) is 0 Å². The Morgan fingerprint density at radius 2 is 1.95 bits per heavy atom. The van der Waals surface area contributed by atoms with Crippen molar-refractivity contribution in [1.29, 1.82) is 0 Å². The maximum Gasteiger partial charge on any atom is 0.138 e. The molecule has 3 rings (SSSR count). The fraction of sp³-hybridized carbons (Fsp3) is 0.438. The molecule has 0 saturated heterocycles. The van der Waals surface area contributed by atoms with Gasteiger partial charge < -0.3 is 9.84 Å². The summed E-state index contributed by atoms with van der Waals surface area (Å²) in [5, 5.41) is 7.59. The van der Waals surface area contributed by atoms with E-state index in [1.807, 2.05) is 13.8 Å². The molecule has 1 fully saturated rings. The number of hydrogen-bond donors (Lipinski definition) is 1. The molecule has 106 valence electrons. The topological polar surface area (TPSA) is 38.1 Å². The van der Waals surface area contributed by atoms with E-state index in [2.05, 4.69) is 50.7 Å². The fourth-order valence-electron chi connectivity index (χ4n) is 2.79. The highest BCUT2D eigenvalue weighted by molar-refractivity contribution is 9.10. The van der Waals surface area contributed by atoms with Crippen molar-refractivity contribution < 1.29 is 4.52 Å². The van der Waals surface area contributed by atoms with Gasteiger partial charge >= 0.3 is 0 Å². The lowest BCUT2D eigenvalue weighted by molar-refractivity contribution is 0.289. The smallest absolute Gasteiger partial charge is 0.138 e. The Morgan fingerprint density at radius 1 is 1.25 bits per heavy atom. The minimum atomic E-state index is 0.609. The molecule has 0 unspecified atom stereocenters. The molecule has 1 saturated carbocycles. The summed E-state index contributed by atoms with van der Waals surface area (Å²) in [5.74, 6) is 1.63. The highest BCUT2D eigenvalue weighted by Gasteiger charge is 2.30. The van der Waals surface area contributed by atoms with Gasteiger partial charge in [-0.25, -0.2) is 0 Å². The van der Waals surface area contributed by atoms with Crippen LogP contribution in [-0.4, -0.2) is 11.2 Å². The second-order valence-electron chi connectivity index (χ2n) is 5.60. The molecule has 1 aromatic heterocycles. The van der Waals surface area contributed by atoms with Crippen LogP contribution in [0.1, 0.15) is 41.3 Å². The molecule has 3 nitrogen and oxygen atoms in total. The molecule has 0 amide bonds. The molecule has 0 radical (unpaired) electrons. The van der Waals surface area contributed by atoms with E-state index < -0.39 is 0 Å². The number of aryl methyl sites for hydroxylation is 2. The number of aromatic nitrogens is 1. The first-order chi connectivity index (χ1) is 9.63. The lowest BCUT2D eigenvalue weighted by atomic mass is 9.76. The number of halogens is 1. The highest BCUT2D eigenvalue weighted by atomic mass is 79.9. The van der Waals surface area contributed by atoms with Crippen LogP contribution >= 0.6 is 15.9 Å². The summed E-state index contributed by atoms with van der Waals surface area (Å²) in [4.78, 5) is 0. The van der Waals surface area contributed by atoms with Gasteiger partial charge in [0, 0.05) is 22.6 Å². The minimum absolute atomic E-state index is 0.609. The Morgan fingerprint density at radius 3 is 2.55 bits per heavy atom. The zero-order valence-electron chi connectivity index (χ0n) is 11.8. The van der Waals surface area contributed by atoms with Gasteiger partial charge in [0.15, 0.2) is 0 Å². The van der Waals surface area contributed by atoms with Gasteiger partial charge in [-0.15, -0.1) is 0 Å². The molecule has 1 heterocycles. The Bertz CT molecular complexity index is 566. The normalized spacial score (nSPS) is 21.8. The van der Waals surface area contributed by atoms with Crippen molar-refractivity contribution in [2.24, 2.45) is 0 Å². The molecule has 0 aliphatic heterocycles. The third kappa shape index (κ3) is 2.81. The standard InChI is InChI=1S/C16H19BrN2O/c1-10-16(11(2)20-19-10)9-18-15-7-13(8-15)12-3-5-14(17)6-4-12/h3-6,13,15,18H,7-9H2,1-2H3. The van der Waals surface area contributed by atoms with Crippen LogP contribution in [0.25, 0.3) is 0 Å². The van der Waals surface area contributed by atoms with Crippen molar-refractivity contribution in [3.63, 3.8) is 0 Å². The summed E-state index contributed by atoms with van der Waals surface area (Å²) in [6.45, 7) is 4.83. The summed E-state index contributed by atoms with van der Waals surface area (Å²) >= 11 is 3.48. The van der Waals surface area contributed by atoms with Crippen LogP contribution in [0, 0.1) is 13.8 Å². The zero-order chi connectivity index (χ0) is 14.1. The van der Waals surface area contributed by atoms with Crippen molar-refractivity contribution in [2.45, 2.75) is 45.2 Å². The van der Waals surface area contributed by atoms with Crippen LogP contribution in [-0.2, 0) is 6.54 Å². The summed E-state index contributed by atoms with van der Waals surface area (Å²) in [6.07, 6.45) is 2.43. The number of nitrogens with zero attached hydrogens (tertiary/aromatic N) is 1. The minimum Gasteiger partial charge on any atom is -0.361 e. The zero-order valence-corrected chi connectivity index (χ0v) is 13.4. The number of hydrogen-bond acceptors (Lipinski definition) is 3. The largest absolute Gasteiger partial charge is 0.361 e. The predicted octanol–water partition coefficient (Wildman–Crippen LogP) is 4.09. The van der Waals surface area contributed by atoms with E-state index in [4.69, 9.17) is 4.52 Å². The monoisotopic (exact) mass is 334 g/mol. The van der Waals surface area contributed by atoms with E-state index in [0.29, 0.717) is 12.0 Å². The van der Waals surface area contributed by atoms with Gasteiger partial charge in [0.25, 0.3) is 0 Å². The van der Waals surface area contributed by atoms with Crippen LogP contribution in [0.2, 0.25) is 0 Å². The summed E-state index contributed by atoms with van der Waals surface area (Å²) in [7, 11) is 0. The van der Waals surface area contributed by atoms with Gasteiger partial charge in [-0.3, -0.25) is 0 Å². The van der Waals surface area contributed by atoms with Gasteiger partial charge in [-0.1, -0.05) is 33.2 Å². The van der Waals surface area contributed by atoms with Crippen LogP contribution < -0.4 is 5.32 Å². The van der Waals surface area contributed by atoms with E-state index in [9.17, 15) is 0 Å². The van der Waals surface area contributed by atoms with Gasteiger partial charge in [0.2, 0.25) is 0 Å². The molecule has 1 aliphatic rings. The predicted molar refractivity (Wildman–Crippen MR) is 82.7 cm³/mol. The summed E-state index contributed by atoms with van der Waals surface area (Å²) in [5.41, 5.74) is 3.65. The van der Waals surface area contributed by atoms with E-state index in [1.54, 1.807) is 0 Å². The van der Waals surface area contributed by atoms with Gasteiger partial charge in [0.05, 0.1) is 5.69 Å². The number of rotatable bonds is 4. The number of nitrogens with one attached hydrogen (secondary N) is 1. The molecule has 2 aromatic rings. The Kier molecular flexibility index (Phi) is 3.94. The van der Waals surface area contributed by atoms with E-state index in [1.165, 1.54) is 24.0 Å². The molecular weight excluding hydrogens is 316 g/mol. The van der Waals surface area contributed by atoms with Crippen molar-refractivity contribution >= 4 is 15.9 Å². The van der Waals surface area contributed by atoms with Crippen molar-refractivity contribution in [3.05, 3.63) is 51.3 Å². The molecule has 0 bridgehead atoms. The van der Waals surface area contributed by atoms with Crippen molar-refractivity contribution in [1.82, 2.24) is 10.5 Å². The van der Waals surface area contributed by atoms with Crippen molar-refractivity contribution in [3.8, 4) is 0 Å². The number of benzene rings is 1. The van der Waals surface area contributed by atoms with Gasteiger partial charge in [0.1, 0.15) is 5.76 Å². The summed E-state index contributed by atoms with van der Waals surface area (Å²) < 4.78 is 6.33. The average Bonchev–Trinajstić information content (AvgIpc) is 2.70. The lowest BCUT2D eigenvalue weighted by Gasteiger charge is -2.36. The molecule has 1 aliphatic carbocycles.